The third kappa shape index (κ3) is 2.71. The standard InChI is InChI=1S/C12H13ClN4/c1-8-5-14-4-3-10(8)6-15-12-9(2)11(13)16-7-17-12/h3-5,7H,6H2,1-2H3,(H,15,16,17). The molecule has 2 rings (SSSR count). The second-order valence-corrected chi connectivity index (χ2v) is 4.15. The van der Waals surface area contributed by atoms with Crippen molar-refractivity contribution in [1.29, 1.82) is 0 Å². The van der Waals surface area contributed by atoms with E-state index in [9.17, 15) is 0 Å². The van der Waals surface area contributed by atoms with Crippen LogP contribution in [0.5, 0.6) is 0 Å². The molecule has 0 saturated carbocycles. The maximum atomic E-state index is 5.93. The van der Waals surface area contributed by atoms with Gasteiger partial charge in [0.25, 0.3) is 0 Å². The third-order valence-electron chi connectivity index (χ3n) is 2.61. The summed E-state index contributed by atoms with van der Waals surface area (Å²) in [5.74, 6) is 0.765. The molecule has 0 saturated heterocycles. The lowest BCUT2D eigenvalue weighted by atomic mass is 10.1. The largest absolute Gasteiger partial charge is 0.366 e. The van der Waals surface area contributed by atoms with Crippen LogP contribution in [-0.2, 0) is 6.54 Å². The number of aromatic nitrogens is 3. The molecule has 2 aromatic rings. The summed E-state index contributed by atoms with van der Waals surface area (Å²) in [5.41, 5.74) is 3.20. The quantitative estimate of drug-likeness (QED) is 0.849. The molecule has 5 heteroatoms. The summed E-state index contributed by atoms with van der Waals surface area (Å²) in [7, 11) is 0. The van der Waals surface area contributed by atoms with Gasteiger partial charge in [0.1, 0.15) is 17.3 Å². The van der Waals surface area contributed by atoms with Crippen LogP contribution < -0.4 is 5.32 Å². The van der Waals surface area contributed by atoms with Gasteiger partial charge < -0.3 is 5.32 Å². The monoisotopic (exact) mass is 248 g/mol. The lowest BCUT2D eigenvalue weighted by Crippen LogP contribution is -2.05. The molecule has 0 aliphatic carbocycles. The SMILES string of the molecule is Cc1cnccc1CNc1ncnc(Cl)c1C. The fourth-order valence-corrected chi connectivity index (χ4v) is 1.62. The van der Waals surface area contributed by atoms with E-state index in [2.05, 4.69) is 20.3 Å². The van der Waals surface area contributed by atoms with E-state index in [-0.39, 0.29) is 0 Å². The van der Waals surface area contributed by atoms with Crippen LogP contribution in [0, 0.1) is 13.8 Å². The van der Waals surface area contributed by atoms with Crippen molar-refractivity contribution in [2.24, 2.45) is 0 Å². The Balaban J connectivity index is 2.13. The first kappa shape index (κ1) is 11.8. The molecular weight excluding hydrogens is 236 g/mol. The highest BCUT2D eigenvalue weighted by atomic mass is 35.5. The lowest BCUT2D eigenvalue weighted by Gasteiger charge is -2.10. The first-order valence-electron chi connectivity index (χ1n) is 5.29. The molecule has 88 valence electrons. The third-order valence-corrected chi connectivity index (χ3v) is 2.99. The average Bonchev–Trinajstić information content (AvgIpc) is 2.33. The normalized spacial score (nSPS) is 10.3. The molecule has 0 amide bonds. The molecule has 0 spiro atoms. The summed E-state index contributed by atoms with van der Waals surface area (Å²) in [6, 6.07) is 1.99. The Morgan fingerprint density at radius 2 is 2.12 bits per heavy atom. The Morgan fingerprint density at radius 1 is 1.29 bits per heavy atom. The van der Waals surface area contributed by atoms with Crippen LogP contribution >= 0.6 is 11.6 Å². The van der Waals surface area contributed by atoms with Crippen molar-refractivity contribution in [1.82, 2.24) is 15.0 Å². The van der Waals surface area contributed by atoms with Crippen LogP contribution in [0.2, 0.25) is 5.15 Å². The molecule has 4 nitrogen and oxygen atoms in total. The second kappa shape index (κ2) is 5.10. The first-order chi connectivity index (χ1) is 8.18. The molecule has 1 N–H and O–H groups in total. The first-order valence-corrected chi connectivity index (χ1v) is 5.66. The van der Waals surface area contributed by atoms with Gasteiger partial charge in [-0.15, -0.1) is 0 Å². The van der Waals surface area contributed by atoms with Gasteiger partial charge in [0.2, 0.25) is 0 Å². The molecule has 2 heterocycles. The molecule has 0 fully saturated rings. The minimum absolute atomic E-state index is 0.481. The highest BCUT2D eigenvalue weighted by molar-refractivity contribution is 6.30. The van der Waals surface area contributed by atoms with E-state index in [1.54, 1.807) is 6.20 Å². The highest BCUT2D eigenvalue weighted by Crippen LogP contribution is 2.18. The summed E-state index contributed by atoms with van der Waals surface area (Å²) >= 11 is 5.93. The number of halogens is 1. The van der Waals surface area contributed by atoms with E-state index in [1.165, 1.54) is 11.9 Å². The maximum Gasteiger partial charge on any atom is 0.137 e. The van der Waals surface area contributed by atoms with Crippen LogP contribution in [0.3, 0.4) is 0 Å². The molecule has 0 aliphatic heterocycles. The van der Waals surface area contributed by atoms with Gasteiger partial charge in [-0.05, 0) is 31.0 Å². The van der Waals surface area contributed by atoms with E-state index >= 15 is 0 Å². The van der Waals surface area contributed by atoms with Gasteiger partial charge in [0.05, 0.1) is 0 Å². The van der Waals surface area contributed by atoms with Crippen molar-refractivity contribution in [2.45, 2.75) is 20.4 Å². The second-order valence-electron chi connectivity index (χ2n) is 3.79. The molecule has 17 heavy (non-hydrogen) atoms. The fourth-order valence-electron chi connectivity index (χ4n) is 1.49. The molecule has 0 bridgehead atoms. The highest BCUT2D eigenvalue weighted by Gasteiger charge is 2.05. The van der Waals surface area contributed by atoms with Crippen molar-refractivity contribution in [3.8, 4) is 0 Å². The Bertz CT molecular complexity index is 528. The lowest BCUT2D eigenvalue weighted by molar-refractivity contribution is 1.04. The van der Waals surface area contributed by atoms with E-state index < -0.39 is 0 Å². The maximum absolute atomic E-state index is 5.93. The van der Waals surface area contributed by atoms with Gasteiger partial charge in [0.15, 0.2) is 0 Å². The predicted octanol–water partition coefficient (Wildman–Crippen LogP) is 2.75. The summed E-state index contributed by atoms with van der Waals surface area (Å²) < 4.78 is 0. The minimum atomic E-state index is 0.481. The smallest absolute Gasteiger partial charge is 0.137 e. The van der Waals surface area contributed by atoms with Gasteiger partial charge in [0, 0.05) is 24.5 Å². The van der Waals surface area contributed by atoms with Crippen LogP contribution in [0.4, 0.5) is 5.82 Å². The predicted molar refractivity (Wildman–Crippen MR) is 68.1 cm³/mol. The van der Waals surface area contributed by atoms with E-state index in [4.69, 9.17) is 11.6 Å². The molecular formula is C12H13ClN4. The zero-order valence-corrected chi connectivity index (χ0v) is 10.5. The van der Waals surface area contributed by atoms with Crippen LogP contribution in [-0.4, -0.2) is 15.0 Å². The van der Waals surface area contributed by atoms with E-state index in [1.807, 2.05) is 26.1 Å². The Hall–Kier alpha value is -1.68. The number of hydrogen-bond donors (Lipinski definition) is 1. The van der Waals surface area contributed by atoms with Crippen LogP contribution in [0.15, 0.2) is 24.8 Å². The number of nitrogens with one attached hydrogen (secondary N) is 1. The molecule has 0 aromatic carbocycles. The van der Waals surface area contributed by atoms with Crippen molar-refractivity contribution < 1.29 is 0 Å². The summed E-state index contributed by atoms with van der Waals surface area (Å²) in [5, 5.41) is 3.73. The summed E-state index contributed by atoms with van der Waals surface area (Å²) in [4.78, 5) is 12.1. The van der Waals surface area contributed by atoms with Gasteiger partial charge >= 0.3 is 0 Å². The zero-order chi connectivity index (χ0) is 12.3. The van der Waals surface area contributed by atoms with Crippen molar-refractivity contribution >= 4 is 17.4 Å². The van der Waals surface area contributed by atoms with Crippen molar-refractivity contribution in [3.05, 3.63) is 46.6 Å². The molecule has 0 radical (unpaired) electrons. The van der Waals surface area contributed by atoms with Gasteiger partial charge in [-0.2, -0.15) is 0 Å². The number of anilines is 1. The molecule has 0 atom stereocenters. The minimum Gasteiger partial charge on any atom is -0.366 e. The van der Waals surface area contributed by atoms with Crippen molar-refractivity contribution in [2.75, 3.05) is 5.32 Å². The van der Waals surface area contributed by atoms with Crippen molar-refractivity contribution in [3.63, 3.8) is 0 Å². The number of nitrogens with zero attached hydrogens (tertiary/aromatic N) is 3. The van der Waals surface area contributed by atoms with E-state index in [0.29, 0.717) is 11.7 Å². The molecule has 2 aromatic heterocycles. The Morgan fingerprint density at radius 3 is 2.88 bits per heavy atom. The van der Waals surface area contributed by atoms with E-state index in [0.717, 1.165) is 16.9 Å². The average molecular weight is 249 g/mol. The number of pyridine rings is 1. The van der Waals surface area contributed by atoms with Crippen LogP contribution in [0.1, 0.15) is 16.7 Å². The number of hydrogen-bond acceptors (Lipinski definition) is 4. The molecule has 0 unspecified atom stereocenters. The Labute approximate surface area is 105 Å². The van der Waals surface area contributed by atoms with Gasteiger partial charge in [-0.1, -0.05) is 11.6 Å². The van der Waals surface area contributed by atoms with Gasteiger partial charge in [-0.25, -0.2) is 9.97 Å². The summed E-state index contributed by atoms with van der Waals surface area (Å²) in [6.07, 6.45) is 5.08. The Kier molecular flexibility index (Phi) is 3.54. The zero-order valence-electron chi connectivity index (χ0n) is 9.74. The fraction of sp³-hybridized carbons (Fsp3) is 0.250. The molecule has 0 aliphatic rings. The number of rotatable bonds is 3. The van der Waals surface area contributed by atoms with Gasteiger partial charge in [-0.3, -0.25) is 4.98 Å². The van der Waals surface area contributed by atoms with Crippen LogP contribution in [0.25, 0.3) is 0 Å². The summed E-state index contributed by atoms with van der Waals surface area (Å²) in [6.45, 7) is 4.62. The topological polar surface area (TPSA) is 50.7 Å². The number of aryl methyl sites for hydroxylation is 1.